The number of aryl methyl sites for hydroxylation is 1. The van der Waals surface area contributed by atoms with Crippen molar-refractivity contribution in [3.05, 3.63) is 36.2 Å². The van der Waals surface area contributed by atoms with E-state index in [-0.39, 0.29) is 12.5 Å². The van der Waals surface area contributed by atoms with Gasteiger partial charge in [0.2, 0.25) is 5.91 Å². The minimum atomic E-state index is 0.0830. The lowest BCUT2D eigenvalue weighted by Gasteiger charge is -2.16. The summed E-state index contributed by atoms with van der Waals surface area (Å²) in [5.74, 6) is 0.583. The van der Waals surface area contributed by atoms with E-state index in [9.17, 15) is 4.79 Å². The molecule has 0 unspecified atom stereocenters. The number of amides is 1. The second-order valence-electron chi connectivity index (χ2n) is 6.02. The highest BCUT2D eigenvalue weighted by Crippen LogP contribution is 2.22. The number of likely N-dealkylation sites (tertiary alicyclic amines) is 1. The first kappa shape index (κ1) is 15.7. The van der Waals surface area contributed by atoms with Crippen molar-refractivity contribution in [3.8, 4) is 11.4 Å². The van der Waals surface area contributed by atoms with Crippen LogP contribution in [0.15, 0.2) is 30.6 Å². The van der Waals surface area contributed by atoms with E-state index in [1.807, 2.05) is 35.0 Å². The lowest BCUT2D eigenvalue weighted by atomic mass is 10.00. The quantitative estimate of drug-likeness (QED) is 0.839. The fraction of sp³-hybridized carbons (Fsp3) is 0.471. The Bertz CT molecular complexity index is 665. The van der Waals surface area contributed by atoms with Crippen molar-refractivity contribution in [2.45, 2.75) is 12.8 Å². The third kappa shape index (κ3) is 3.59. The Morgan fingerprint density at radius 3 is 2.91 bits per heavy atom. The molecule has 1 saturated heterocycles. The number of ether oxygens (including phenoxy) is 1. The maximum absolute atomic E-state index is 11.8. The van der Waals surface area contributed by atoms with E-state index in [4.69, 9.17) is 4.74 Å². The third-order valence-electron chi connectivity index (χ3n) is 4.34. The molecule has 1 amide bonds. The van der Waals surface area contributed by atoms with Crippen LogP contribution in [0.3, 0.4) is 0 Å². The summed E-state index contributed by atoms with van der Waals surface area (Å²) < 4.78 is 6.74. The van der Waals surface area contributed by atoms with Gasteiger partial charge in [-0.25, -0.2) is 0 Å². The van der Waals surface area contributed by atoms with Gasteiger partial charge in [-0.15, -0.1) is 0 Å². The van der Waals surface area contributed by atoms with Crippen molar-refractivity contribution in [1.82, 2.24) is 19.7 Å². The molecule has 2 aromatic rings. The summed E-state index contributed by atoms with van der Waals surface area (Å²) in [4.78, 5) is 18.3. The monoisotopic (exact) mass is 314 g/mol. The third-order valence-corrected chi connectivity index (χ3v) is 4.34. The molecule has 0 saturated carbocycles. The van der Waals surface area contributed by atoms with Crippen LogP contribution in [0, 0.1) is 5.92 Å². The van der Waals surface area contributed by atoms with Crippen molar-refractivity contribution in [2.24, 2.45) is 13.0 Å². The predicted molar refractivity (Wildman–Crippen MR) is 86.7 cm³/mol. The SMILES string of the molecule is COCC(=O)N1CC[C@H](Cc2ccc(-c3ccnn3C)nc2)C1. The molecule has 6 heteroatoms. The van der Waals surface area contributed by atoms with Gasteiger partial charge in [0, 0.05) is 39.6 Å². The van der Waals surface area contributed by atoms with Gasteiger partial charge in [0.1, 0.15) is 6.61 Å². The predicted octanol–water partition coefficient (Wildman–Crippen LogP) is 1.52. The smallest absolute Gasteiger partial charge is 0.248 e. The largest absolute Gasteiger partial charge is 0.375 e. The van der Waals surface area contributed by atoms with Crippen LogP contribution < -0.4 is 0 Å². The van der Waals surface area contributed by atoms with Crippen LogP contribution in [0.2, 0.25) is 0 Å². The molecular weight excluding hydrogens is 292 g/mol. The lowest BCUT2D eigenvalue weighted by molar-refractivity contribution is -0.134. The van der Waals surface area contributed by atoms with Gasteiger partial charge in [0.25, 0.3) is 0 Å². The van der Waals surface area contributed by atoms with Crippen LogP contribution in [-0.4, -0.2) is 52.4 Å². The molecule has 1 aliphatic rings. The Morgan fingerprint density at radius 2 is 2.26 bits per heavy atom. The van der Waals surface area contributed by atoms with Crippen molar-refractivity contribution >= 4 is 5.91 Å². The number of pyridine rings is 1. The van der Waals surface area contributed by atoms with Gasteiger partial charge in [0.05, 0.1) is 11.4 Å². The Labute approximate surface area is 136 Å². The molecule has 122 valence electrons. The van der Waals surface area contributed by atoms with E-state index in [0.29, 0.717) is 5.92 Å². The molecule has 0 bridgehead atoms. The van der Waals surface area contributed by atoms with Crippen molar-refractivity contribution in [3.63, 3.8) is 0 Å². The highest BCUT2D eigenvalue weighted by atomic mass is 16.5. The van der Waals surface area contributed by atoms with Crippen LogP contribution >= 0.6 is 0 Å². The van der Waals surface area contributed by atoms with E-state index < -0.39 is 0 Å². The number of rotatable bonds is 5. The normalized spacial score (nSPS) is 17.7. The van der Waals surface area contributed by atoms with E-state index in [1.165, 1.54) is 5.56 Å². The zero-order chi connectivity index (χ0) is 16.2. The van der Waals surface area contributed by atoms with Crippen molar-refractivity contribution in [2.75, 3.05) is 26.8 Å². The van der Waals surface area contributed by atoms with Crippen molar-refractivity contribution in [1.29, 1.82) is 0 Å². The molecule has 0 aliphatic carbocycles. The first-order valence-corrected chi connectivity index (χ1v) is 7.87. The Morgan fingerprint density at radius 1 is 1.39 bits per heavy atom. The molecule has 1 aliphatic heterocycles. The number of carbonyl (C=O) groups excluding carboxylic acids is 1. The molecule has 0 N–H and O–H groups in total. The van der Waals surface area contributed by atoms with Gasteiger partial charge in [-0.1, -0.05) is 6.07 Å². The Hall–Kier alpha value is -2.21. The van der Waals surface area contributed by atoms with Gasteiger partial charge < -0.3 is 9.64 Å². The maximum Gasteiger partial charge on any atom is 0.248 e. The zero-order valence-corrected chi connectivity index (χ0v) is 13.6. The van der Waals surface area contributed by atoms with Crippen molar-refractivity contribution < 1.29 is 9.53 Å². The first-order chi connectivity index (χ1) is 11.2. The molecule has 6 nitrogen and oxygen atoms in total. The highest BCUT2D eigenvalue weighted by molar-refractivity contribution is 5.77. The standard InChI is InChI=1S/C17H22N4O2/c1-20-16(5-7-19-20)15-4-3-13(10-18-15)9-14-6-8-21(11-14)17(22)12-23-2/h3-5,7,10,14H,6,8-9,11-12H2,1-2H3/t14-/m1/s1. The average molecular weight is 314 g/mol. The van der Waals surface area contributed by atoms with Gasteiger partial charge >= 0.3 is 0 Å². The van der Waals surface area contributed by atoms with Crippen LogP contribution in [0.4, 0.5) is 0 Å². The Kier molecular flexibility index (Phi) is 4.71. The summed E-state index contributed by atoms with van der Waals surface area (Å²) in [6.07, 6.45) is 5.70. The molecule has 1 atom stereocenters. The summed E-state index contributed by atoms with van der Waals surface area (Å²) in [7, 11) is 3.47. The number of aromatic nitrogens is 3. The molecule has 3 heterocycles. The summed E-state index contributed by atoms with van der Waals surface area (Å²) in [6, 6.07) is 6.11. The summed E-state index contributed by atoms with van der Waals surface area (Å²) in [5.41, 5.74) is 3.15. The molecule has 1 fully saturated rings. The lowest BCUT2D eigenvalue weighted by Crippen LogP contribution is -2.31. The van der Waals surface area contributed by atoms with E-state index in [0.717, 1.165) is 37.3 Å². The summed E-state index contributed by atoms with van der Waals surface area (Å²) >= 11 is 0. The fourth-order valence-electron chi connectivity index (χ4n) is 3.10. The number of carbonyl (C=O) groups is 1. The minimum absolute atomic E-state index is 0.0830. The molecule has 23 heavy (non-hydrogen) atoms. The van der Waals surface area contributed by atoms with Crippen LogP contribution in [0.25, 0.3) is 11.4 Å². The molecule has 0 aromatic carbocycles. The molecule has 0 spiro atoms. The number of hydrogen-bond donors (Lipinski definition) is 0. The van der Waals surface area contributed by atoms with E-state index in [1.54, 1.807) is 13.3 Å². The van der Waals surface area contributed by atoms with Gasteiger partial charge in [-0.05, 0) is 36.5 Å². The second kappa shape index (κ2) is 6.91. The highest BCUT2D eigenvalue weighted by Gasteiger charge is 2.26. The summed E-state index contributed by atoms with van der Waals surface area (Å²) in [5, 5.41) is 4.17. The minimum Gasteiger partial charge on any atom is -0.375 e. The number of nitrogens with zero attached hydrogens (tertiary/aromatic N) is 4. The Balaban J connectivity index is 1.59. The van der Waals surface area contributed by atoms with Gasteiger partial charge in [0.15, 0.2) is 0 Å². The molecular formula is C17H22N4O2. The first-order valence-electron chi connectivity index (χ1n) is 7.87. The number of methoxy groups -OCH3 is 1. The number of hydrogen-bond acceptors (Lipinski definition) is 4. The topological polar surface area (TPSA) is 60.2 Å². The molecule has 0 radical (unpaired) electrons. The zero-order valence-electron chi connectivity index (χ0n) is 13.6. The second-order valence-corrected chi connectivity index (χ2v) is 6.02. The van der Waals surface area contributed by atoms with Crippen LogP contribution in [0.5, 0.6) is 0 Å². The molecule has 3 rings (SSSR count). The van der Waals surface area contributed by atoms with Gasteiger partial charge in [-0.2, -0.15) is 5.10 Å². The summed E-state index contributed by atoms with van der Waals surface area (Å²) in [6.45, 7) is 1.81. The molecule has 2 aromatic heterocycles. The van der Waals surface area contributed by atoms with Gasteiger partial charge in [-0.3, -0.25) is 14.5 Å². The van der Waals surface area contributed by atoms with E-state index in [2.05, 4.69) is 16.1 Å². The van der Waals surface area contributed by atoms with E-state index >= 15 is 0 Å². The van der Waals surface area contributed by atoms with Crippen LogP contribution in [0.1, 0.15) is 12.0 Å². The van der Waals surface area contributed by atoms with Crippen LogP contribution in [-0.2, 0) is 23.0 Å². The average Bonchev–Trinajstić information content (AvgIpc) is 3.18. The fourth-order valence-corrected chi connectivity index (χ4v) is 3.10. The maximum atomic E-state index is 11.8.